The summed E-state index contributed by atoms with van der Waals surface area (Å²) in [6.45, 7) is 4.82. The van der Waals surface area contributed by atoms with Crippen molar-refractivity contribution in [3.8, 4) is 5.88 Å². The van der Waals surface area contributed by atoms with E-state index in [4.69, 9.17) is 4.74 Å². The second-order valence-electron chi connectivity index (χ2n) is 6.99. The van der Waals surface area contributed by atoms with Crippen molar-refractivity contribution in [2.75, 3.05) is 11.9 Å². The molecule has 3 aromatic rings. The third-order valence-electron chi connectivity index (χ3n) is 3.62. The van der Waals surface area contributed by atoms with E-state index in [1.807, 2.05) is 20.8 Å². The number of rotatable bonds is 5. The van der Waals surface area contributed by atoms with Crippen LogP contribution in [0.2, 0.25) is 0 Å². The van der Waals surface area contributed by atoms with Crippen LogP contribution in [-0.4, -0.2) is 37.6 Å². The predicted octanol–water partition coefficient (Wildman–Crippen LogP) is 3.37. The van der Waals surface area contributed by atoms with Gasteiger partial charge in [-0.15, -0.1) is 15.3 Å². The average molecular weight is 380 g/mol. The number of halogens is 3. The first-order valence-corrected chi connectivity index (χ1v) is 8.24. The summed E-state index contributed by atoms with van der Waals surface area (Å²) in [6, 6.07) is 6.76. The van der Waals surface area contributed by atoms with Gasteiger partial charge in [-0.2, -0.15) is 17.7 Å². The van der Waals surface area contributed by atoms with E-state index in [0.717, 1.165) is 0 Å². The smallest absolute Gasteiger partial charge is 0.422 e. The summed E-state index contributed by atoms with van der Waals surface area (Å²) in [5.41, 5.74) is 0.858. The van der Waals surface area contributed by atoms with Crippen molar-refractivity contribution in [3.05, 3.63) is 41.9 Å². The molecule has 0 aliphatic rings. The predicted molar refractivity (Wildman–Crippen MR) is 92.6 cm³/mol. The van der Waals surface area contributed by atoms with Gasteiger partial charge in [0, 0.05) is 23.7 Å². The average Bonchev–Trinajstić information content (AvgIpc) is 3.01. The Kier molecular flexibility index (Phi) is 4.90. The number of nitrogens with one attached hydrogen (secondary N) is 1. The molecule has 0 aliphatic heterocycles. The third kappa shape index (κ3) is 4.63. The minimum absolute atomic E-state index is 0.0666. The topological polar surface area (TPSA) is 77.2 Å². The highest BCUT2D eigenvalue weighted by Crippen LogP contribution is 2.22. The highest BCUT2D eigenvalue weighted by molar-refractivity contribution is 5.45. The summed E-state index contributed by atoms with van der Waals surface area (Å²) < 4.78 is 43.6. The van der Waals surface area contributed by atoms with E-state index in [1.54, 1.807) is 28.8 Å². The first-order chi connectivity index (χ1) is 12.6. The van der Waals surface area contributed by atoms with Gasteiger partial charge in [0.25, 0.3) is 0 Å². The number of aromatic nitrogens is 5. The SMILES string of the molecule is CC(C)(C)c1nnc2ccc(NCc3cccnc3OCC(F)(F)F)nn12. The van der Waals surface area contributed by atoms with E-state index in [-0.39, 0.29) is 17.8 Å². The van der Waals surface area contributed by atoms with Crippen molar-refractivity contribution < 1.29 is 17.9 Å². The number of ether oxygens (including phenoxy) is 1. The lowest BCUT2D eigenvalue weighted by Gasteiger charge is -2.15. The Labute approximate surface area is 153 Å². The van der Waals surface area contributed by atoms with Gasteiger partial charge in [0.2, 0.25) is 5.88 Å². The fraction of sp³-hybridized carbons (Fsp3) is 0.412. The molecule has 0 aromatic carbocycles. The van der Waals surface area contributed by atoms with Gasteiger partial charge in [0.15, 0.2) is 18.1 Å². The molecule has 3 aromatic heterocycles. The Hall–Kier alpha value is -2.91. The Morgan fingerprint density at radius 1 is 1.11 bits per heavy atom. The Balaban J connectivity index is 1.77. The maximum atomic E-state index is 12.4. The molecule has 10 heteroatoms. The van der Waals surface area contributed by atoms with Gasteiger partial charge in [0.05, 0.1) is 0 Å². The van der Waals surface area contributed by atoms with E-state index in [0.29, 0.717) is 22.9 Å². The van der Waals surface area contributed by atoms with Gasteiger partial charge < -0.3 is 10.1 Å². The van der Waals surface area contributed by atoms with Crippen molar-refractivity contribution in [3.63, 3.8) is 0 Å². The molecule has 3 rings (SSSR count). The highest BCUT2D eigenvalue weighted by atomic mass is 19.4. The van der Waals surface area contributed by atoms with Crippen molar-refractivity contribution in [1.82, 2.24) is 24.8 Å². The molecule has 0 unspecified atom stereocenters. The van der Waals surface area contributed by atoms with Gasteiger partial charge in [-0.25, -0.2) is 4.98 Å². The van der Waals surface area contributed by atoms with Crippen LogP contribution < -0.4 is 10.1 Å². The van der Waals surface area contributed by atoms with E-state index < -0.39 is 12.8 Å². The quantitative estimate of drug-likeness (QED) is 0.731. The van der Waals surface area contributed by atoms with E-state index >= 15 is 0 Å². The summed E-state index contributed by atoms with van der Waals surface area (Å²) in [6.07, 6.45) is -3.04. The van der Waals surface area contributed by atoms with Crippen molar-refractivity contribution >= 4 is 11.5 Å². The van der Waals surface area contributed by atoms with Crippen LogP contribution in [0.4, 0.5) is 19.0 Å². The van der Waals surface area contributed by atoms with Crippen LogP contribution in [0.15, 0.2) is 30.5 Å². The maximum absolute atomic E-state index is 12.4. The molecule has 0 radical (unpaired) electrons. The standard InChI is InChI=1S/C17H19F3N6O/c1-16(2,3)15-24-23-13-7-6-12(25-26(13)15)22-9-11-5-4-8-21-14(11)27-10-17(18,19)20/h4-8H,9-10H2,1-3H3,(H,22,25). The van der Waals surface area contributed by atoms with Crippen LogP contribution in [0, 0.1) is 0 Å². The molecule has 27 heavy (non-hydrogen) atoms. The van der Waals surface area contributed by atoms with Crippen LogP contribution in [0.1, 0.15) is 32.2 Å². The summed E-state index contributed by atoms with van der Waals surface area (Å²) in [5, 5.41) is 15.8. The molecule has 7 nitrogen and oxygen atoms in total. The normalized spacial score (nSPS) is 12.4. The molecule has 144 valence electrons. The van der Waals surface area contributed by atoms with Crippen LogP contribution in [0.25, 0.3) is 5.65 Å². The van der Waals surface area contributed by atoms with Crippen molar-refractivity contribution in [1.29, 1.82) is 0 Å². The first kappa shape index (κ1) is 18.9. The molecular weight excluding hydrogens is 361 g/mol. The Bertz CT molecular complexity index is 932. The zero-order valence-electron chi connectivity index (χ0n) is 15.1. The monoisotopic (exact) mass is 380 g/mol. The fourth-order valence-corrected chi connectivity index (χ4v) is 2.38. The largest absolute Gasteiger partial charge is 0.468 e. The number of pyridine rings is 1. The second kappa shape index (κ2) is 7.01. The van der Waals surface area contributed by atoms with Crippen molar-refractivity contribution in [2.24, 2.45) is 0 Å². The summed E-state index contributed by atoms with van der Waals surface area (Å²) in [7, 11) is 0. The number of hydrogen-bond donors (Lipinski definition) is 1. The molecule has 1 N–H and O–H groups in total. The van der Waals surface area contributed by atoms with Gasteiger partial charge in [-0.3, -0.25) is 0 Å². The zero-order valence-corrected chi connectivity index (χ0v) is 15.1. The van der Waals surface area contributed by atoms with Crippen LogP contribution in [0.5, 0.6) is 5.88 Å². The van der Waals surface area contributed by atoms with Crippen LogP contribution >= 0.6 is 0 Å². The lowest BCUT2D eigenvalue weighted by molar-refractivity contribution is -0.154. The number of hydrogen-bond acceptors (Lipinski definition) is 6. The summed E-state index contributed by atoms with van der Waals surface area (Å²) >= 11 is 0. The third-order valence-corrected chi connectivity index (χ3v) is 3.62. The lowest BCUT2D eigenvalue weighted by Crippen LogP contribution is -2.20. The second-order valence-corrected chi connectivity index (χ2v) is 6.99. The first-order valence-electron chi connectivity index (χ1n) is 8.24. The minimum atomic E-state index is -4.42. The fourth-order valence-electron chi connectivity index (χ4n) is 2.38. The van der Waals surface area contributed by atoms with Crippen molar-refractivity contribution in [2.45, 2.75) is 38.9 Å². The van der Waals surface area contributed by atoms with E-state index in [9.17, 15) is 13.2 Å². The van der Waals surface area contributed by atoms with Gasteiger partial charge in [0.1, 0.15) is 5.82 Å². The van der Waals surface area contributed by atoms with Gasteiger partial charge in [-0.05, 0) is 18.2 Å². The number of anilines is 1. The van der Waals surface area contributed by atoms with Crippen LogP contribution in [0.3, 0.4) is 0 Å². The Morgan fingerprint density at radius 2 is 1.89 bits per heavy atom. The molecule has 3 heterocycles. The molecule has 0 fully saturated rings. The number of alkyl halides is 3. The molecule has 0 amide bonds. The van der Waals surface area contributed by atoms with Gasteiger partial charge >= 0.3 is 6.18 Å². The van der Waals surface area contributed by atoms with Gasteiger partial charge in [-0.1, -0.05) is 26.8 Å². The zero-order chi connectivity index (χ0) is 19.7. The Morgan fingerprint density at radius 3 is 2.59 bits per heavy atom. The van der Waals surface area contributed by atoms with E-state index in [1.165, 1.54) is 6.20 Å². The maximum Gasteiger partial charge on any atom is 0.422 e. The number of nitrogens with zero attached hydrogens (tertiary/aromatic N) is 5. The van der Waals surface area contributed by atoms with E-state index in [2.05, 4.69) is 25.6 Å². The molecule has 0 atom stereocenters. The number of fused-ring (bicyclic) bond motifs is 1. The highest BCUT2D eigenvalue weighted by Gasteiger charge is 2.29. The summed E-state index contributed by atoms with van der Waals surface area (Å²) in [5.74, 6) is 1.17. The summed E-state index contributed by atoms with van der Waals surface area (Å²) in [4.78, 5) is 3.87. The molecule has 0 saturated carbocycles. The van der Waals surface area contributed by atoms with Crippen LogP contribution in [-0.2, 0) is 12.0 Å². The minimum Gasteiger partial charge on any atom is -0.468 e. The molecule has 0 bridgehead atoms. The molecule has 0 saturated heterocycles. The molecule has 0 spiro atoms. The molecular formula is C17H19F3N6O. The molecule has 0 aliphatic carbocycles. The lowest BCUT2D eigenvalue weighted by atomic mass is 9.96.